The highest BCUT2D eigenvalue weighted by atomic mass is 35.5. The maximum Gasteiger partial charge on any atom is 0.289 e. The Morgan fingerprint density at radius 1 is 1.15 bits per heavy atom. The Labute approximate surface area is 161 Å². The molecule has 1 aliphatic rings. The van der Waals surface area contributed by atoms with Crippen LogP contribution >= 0.6 is 11.6 Å². The smallest absolute Gasteiger partial charge is 0.289 e. The molecule has 27 heavy (non-hydrogen) atoms. The molecule has 1 aliphatic heterocycles. The zero-order chi connectivity index (χ0) is 19.2. The van der Waals surface area contributed by atoms with E-state index in [1.807, 2.05) is 24.3 Å². The predicted molar refractivity (Wildman–Crippen MR) is 105 cm³/mol. The van der Waals surface area contributed by atoms with E-state index in [-0.39, 0.29) is 23.2 Å². The first-order valence-electron chi connectivity index (χ1n) is 8.43. The van der Waals surface area contributed by atoms with Crippen LogP contribution in [0.15, 0.2) is 42.5 Å². The molecule has 0 bridgehead atoms. The summed E-state index contributed by atoms with van der Waals surface area (Å²) in [6.45, 7) is 3.11. The molecule has 1 saturated heterocycles. The molecule has 9 heteroatoms. The van der Waals surface area contributed by atoms with Gasteiger partial charge in [-0.3, -0.25) is 14.9 Å². The van der Waals surface area contributed by atoms with E-state index in [9.17, 15) is 14.9 Å². The normalized spacial score (nSPS) is 13.9. The zero-order valence-electron chi connectivity index (χ0n) is 14.5. The number of amides is 1. The second kappa shape index (κ2) is 8.70. The molecule has 0 atom stereocenters. The Hall–Kier alpha value is -2.84. The molecule has 8 nitrogen and oxygen atoms in total. The lowest BCUT2D eigenvalue weighted by molar-refractivity contribution is -0.384. The number of ether oxygens (including phenoxy) is 1. The summed E-state index contributed by atoms with van der Waals surface area (Å²) in [5, 5.41) is 16.6. The van der Waals surface area contributed by atoms with Crippen LogP contribution in [0.4, 0.5) is 22.7 Å². The van der Waals surface area contributed by atoms with Gasteiger partial charge in [0.15, 0.2) is 0 Å². The van der Waals surface area contributed by atoms with Crippen molar-refractivity contribution >= 4 is 40.3 Å². The number of morpholine rings is 1. The van der Waals surface area contributed by atoms with Gasteiger partial charge in [0.2, 0.25) is 5.91 Å². The van der Waals surface area contributed by atoms with Gasteiger partial charge in [-0.25, -0.2) is 0 Å². The van der Waals surface area contributed by atoms with Crippen LogP contribution in [0.3, 0.4) is 0 Å². The van der Waals surface area contributed by atoms with Crippen LogP contribution in [-0.4, -0.2) is 43.7 Å². The summed E-state index contributed by atoms with van der Waals surface area (Å²) in [6.07, 6.45) is 0. The Morgan fingerprint density at radius 3 is 2.48 bits per heavy atom. The van der Waals surface area contributed by atoms with Gasteiger partial charge in [-0.05, 0) is 36.4 Å². The molecular formula is C18H19ClN4O4. The SMILES string of the molecule is O=C(CNc1ccc(Cl)c([N+](=O)[O-])c1)Nc1ccc(N2CCOCC2)cc1. The van der Waals surface area contributed by atoms with E-state index in [0.29, 0.717) is 24.6 Å². The van der Waals surface area contributed by atoms with Crippen molar-refractivity contribution in [3.05, 3.63) is 57.6 Å². The maximum atomic E-state index is 12.1. The first-order chi connectivity index (χ1) is 13.0. The summed E-state index contributed by atoms with van der Waals surface area (Å²) in [6, 6.07) is 11.9. The summed E-state index contributed by atoms with van der Waals surface area (Å²) in [4.78, 5) is 24.7. The summed E-state index contributed by atoms with van der Waals surface area (Å²) < 4.78 is 5.34. The molecular weight excluding hydrogens is 372 g/mol. The molecule has 0 unspecified atom stereocenters. The van der Waals surface area contributed by atoms with E-state index in [4.69, 9.17) is 16.3 Å². The van der Waals surface area contributed by atoms with Gasteiger partial charge in [0.25, 0.3) is 5.69 Å². The van der Waals surface area contributed by atoms with Crippen molar-refractivity contribution in [2.75, 3.05) is 48.4 Å². The molecule has 0 aliphatic carbocycles. The van der Waals surface area contributed by atoms with Crippen molar-refractivity contribution < 1.29 is 14.5 Å². The maximum absolute atomic E-state index is 12.1. The van der Waals surface area contributed by atoms with Gasteiger partial charge in [0, 0.05) is 36.2 Å². The number of nitro benzene ring substituents is 1. The average molecular weight is 391 g/mol. The molecule has 1 heterocycles. The van der Waals surface area contributed by atoms with Crippen molar-refractivity contribution in [3.63, 3.8) is 0 Å². The number of carbonyl (C=O) groups is 1. The molecule has 2 N–H and O–H groups in total. The fraction of sp³-hybridized carbons (Fsp3) is 0.278. The zero-order valence-corrected chi connectivity index (χ0v) is 15.2. The average Bonchev–Trinajstić information content (AvgIpc) is 2.68. The van der Waals surface area contributed by atoms with E-state index in [0.717, 1.165) is 18.8 Å². The highest BCUT2D eigenvalue weighted by Crippen LogP contribution is 2.27. The van der Waals surface area contributed by atoms with Crippen molar-refractivity contribution in [1.82, 2.24) is 0 Å². The topological polar surface area (TPSA) is 96.7 Å². The Balaban J connectivity index is 1.53. The largest absolute Gasteiger partial charge is 0.378 e. The molecule has 0 spiro atoms. The minimum Gasteiger partial charge on any atom is -0.378 e. The number of nitrogens with zero attached hydrogens (tertiary/aromatic N) is 2. The third-order valence-electron chi connectivity index (χ3n) is 4.12. The standard InChI is InChI=1S/C18H19ClN4O4/c19-16-6-3-14(11-17(16)23(25)26)20-12-18(24)21-13-1-4-15(5-2-13)22-7-9-27-10-8-22/h1-6,11,20H,7-10,12H2,(H,21,24). The van der Waals surface area contributed by atoms with E-state index in [2.05, 4.69) is 15.5 Å². The number of nitro groups is 1. The lowest BCUT2D eigenvalue weighted by Crippen LogP contribution is -2.36. The van der Waals surface area contributed by atoms with Gasteiger partial charge >= 0.3 is 0 Å². The number of carbonyl (C=O) groups excluding carboxylic acids is 1. The van der Waals surface area contributed by atoms with Crippen LogP contribution < -0.4 is 15.5 Å². The van der Waals surface area contributed by atoms with Crippen LogP contribution in [0.5, 0.6) is 0 Å². The van der Waals surface area contributed by atoms with E-state index in [1.165, 1.54) is 12.1 Å². The van der Waals surface area contributed by atoms with Gasteiger partial charge < -0.3 is 20.3 Å². The van der Waals surface area contributed by atoms with Crippen LogP contribution in [0.1, 0.15) is 0 Å². The fourth-order valence-electron chi connectivity index (χ4n) is 2.73. The first-order valence-corrected chi connectivity index (χ1v) is 8.81. The van der Waals surface area contributed by atoms with Crippen molar-refractivity contribution in [1.29, 1.82) is 0 Å². The summed E-state index contributed by atoms with van der Waals surface area (Å²) in [5.41, 5.74) is 2.01. The summed E-state index contributed by atoms with van der Waals surface area (Å²) >= 11 is 5.77. The molecule has 3 rings (SSSR count). The molecule has 0 saturated carbocycles. The lowest BCUT2D eigenvalue weighted by Gasteiger charge is -2.28. The molecule has 2 aromatic carbocycles. The number of rotatable bonds is 6. The number of hydrogen-bond acceptors (Lipinski definition) is 6. The van der Waals surface area contributed by atoms with Crippen LogP contribution in [-0.2, 0) is 9.53 Å². The Morgan fingerprint density at radius 2 is 1.81 bits per heavy atom. The minimum atomic E-state index is -0.566. The van der Waals surface area contributed by atoms with Gasteiger partial charge in [-0.15, -0.1) is 0 Å². The summed E-state index contributed by atoms with van der Waals surface area (Å²) in [7, 11) is 0. The predicted octanol–water partition coefficient (Wildman–Crippen LogP) is 3.14. The Kier molecular flexibility index (Phi) is 6.10. The van der Waals surface area contributed by atoms with E-state index < -0.39 is 4.92 Å². The summed E-state index contributed by atoms with van der Waals surface area (Å²) in [5.74, 6) is -0.258. The second-order valence-electron chi connectivity index (χ2n) is 5.97. The van der Waals surface area contributed by atoms with Gasteiger partial charge in [-0.1, -0.05) is 11.6 Å². The van der Waals surface area contributed by atoms with E-state index in [1.54, 1.807) is 6.07 Å². The molecule has 0 aromatic heterocycles. The second-order valence-corrected chi connectivity index (χ2v) is 6.38. The fourth-order valence-corrected chi connectivity index (χ4v) is 2.91. The van der Waals surface area contributed by atoms with Gasteiger partial charge in [-0.2, -0.15) is 0 Å². The molecule has 0 radical (unpaired) electrons. The third-order valence-corrected chi connectivity index (χ3v) is 4.44. The van der Waals surface area contributed by atoms with Crippen molar-refractivity contribution in [3.8, 4) is 0 Å². The highest BCUT2D eigenvalue weighted by Gasteiger charge is 2.14. The number of halogens is 1. The lowest BCUT2D eigenvalue weighted by atomic mass is 10.2. The number of anilines is 3. The van der Waals surface area contributed by atoms with Crippen molar-refractivity contribution in [2.45, 2.75) is 0 Å². The Bertz CT molecular complexity index is 823. The third kappa shape index (κ3) is 5.08. The first kappa shape index (κ1) is 18.9. The molecule has 142 valence electrons. The monoisotopic (exact) mass is 390 g/mol. The molecule has 1 amide bonds. The molecule has 1 fully saturated rings. The van der Waals surface area contributed by atoms with E-state index >= 15 is 0 Å². The number of benzene rings is 2. The number of nitrogens with one attached hydrogen (secondary N) is 2. The quantitative estimate of drug-likeness (QED) is 0.581. The number of hydrogen-bond donors (Lipinski definition) is 2. The van der Waals surface area contributed by atoms with Gasteiger partial charge in [0.1, 0.15) is 5.02 Å². The van der Waals surface area contributed by atoms with Gasteiger partial charge in [0.05, 0.1) is 24.7 Å². The highest BCUT2D eigenvalue weighted by molar-refractivity contribution is 6.32. The minimum absolute atomic E-state index is 0.0238. The molecule has 2 aromatic rings. The van der Waals surface area contributed by atoms with Crippen LogP contribution in [0.25, 0.3) is 0 Å². The van der Waals surface area contributed by atoms with Crippen LogP contribution in [0, 0.1) is 10.1 Å². The van der Waals surface area contributed by atoms with Crippen LogP contribution in [0.2, 0.25) is 5.02 Å². The van der Waals surface area contributed by atoms with Crippen molar-refractivity contribution in [2.24, 2.45) is 0 Å².